The third-order valence-corrected chi connectivity index (χ3v) is 6.17. The zero-order chi connectivity index (χ0) is 14.1. The average molecular weight is 301 g/mol. The molecule has 3 heterocycles. The summed E-state index contributed by atoms with van der Waals surface area (Å²) in [5.41, 5.74) is 1.40. The van der Waals surface area contributed by atoms with Crippen LogP contribution in [0.1, 0.15) is 36.5 Å². The van der Waals surface area contributed by atoms with Crippen LogP contribution in [0.2, 0.25) is 0 Å². The lowest BCUT2D eigenvalue weighted by atomic mass is 9.99. The molecule has 0 amide bonds. The molecule has 0 spiro atoms. The third kappa shape index (κ3) is 2.84. The van der Waals surface area contributed by atoms with Gasteiger partial charge < -0.3 is 5.32 Å². The van der Waals surface area contributed by atoms with E-state index in [-0.39, 0.29) is 0 Å². The number of hydrogen-bond donors (Lipinski definition) is 1. The number of rotatable bonds is 2. The van der Waals surface area contributed by atoms with E-state index in [4.69, 9.17) is 4.99 Å². The van der Waals surface area contributed by atoms with E-state index in [1.165, 1.54) is 49.5 Å². The molecule has 2 saturated heterocycles. The van der Waals surface area contributed by atoms with Gasteiger partial charge in [-0.3, -0.25) is 9.89 Å². The summed E-state index contributed by atoms with van der Waals surface area (Å²) in [5, 5.41) is 5.41. The summed E-state index contributed by atoms with van der Waals surface area (Å²) in [7, 11) is 0. The minimum atomic E-state index is 0.498. The van der Waals surface area contributed by atoms with Gasteiger partial charge >= 0.3 is 0 Å². The highest BCUT2D eigenvalue weighted by molar-refractivity contribution is 8.14. The van der Waals surface area contributed by atoms with E-state index >= 15 is 0 Å². The Hall–Kier alpha value is -1.00. The molecule has 0 radical (unpaired) electrons. The number of nitrogens with zero attached hydrogens (tertiary/aromatic N) is 2. The highest BCUT2D eigenvalue weighted by Crippen LogP contribution is 2.35. The molecule has 3 aliphatic heterocycles. The zero-order valence-electron chi connectivity index (χ0n) is 12.4. The van der Waals surface area contributed by atoms with Gasteiger partial charge in [0.25, 0.3) is 0 Å². The first-order chi connectivity index (χ1) is 10.4. The van der Waals surface area contributed by atoms with Gasteiger partial charge in [0, 0.05) is 18.6 Å². The Labute approximate surface area is 131 Å². The molecular formula is C17H23N3S. The number of piperidine rings is 1. The van der Waals surface area contributed by atoms with Crippen LogP contribution >= 0.6 is 11.8 Å². The first-order valence-electron chi connectivity index (χ1n) is 8.17. The molecule has 3 atom stereocenters. The van der Waals surface area contributed by atoms with Gasteiger partial charge in [-0.05, 0) is 31.4 Å². The number of hydrogen-bond acceptors (Lipinski definition) is 4. The smallest absolute Gasteiger partial charge is 0.157 e. The summed E-state index contributed by atoms with van der Waals surface area (Å²) >= 11 is 1.91. The fourth-order valence-electron chi connectivity index (χ4n) is 3.87. The molecule has 4 rings (SSSR count). The SMILES string of the molecule is c1ccc(C2CN=C(NC3CCN4CCCCC34)S2)cc1. The highest BCUT2D eigenvalue weighted by atomic mass is 32.2. The van der Waals surface area contributed by atoms with Crippen LogP contribution in [-0.4, -0.2) is 41.8 Å². The monoisotopic (exact) mass is 301 g/mol. The molecule has 21 heavy (non-hydrogen) atoms. The van der Waals surface area contributed by atoms with Crippen LogP contribution < -0.4 is 5.32 Å². The van der Waals surface area contributed by atoms with E-state index in [0.717, 1.165) is 12.6 Å². The topological polar surface area (TPSA) is 27.6 Å². The fourth-order valence-corrected chi connectivity index (χ4v) is 4.95. The van der Waals surface area contributed by atoms with Gasteiger partial charge in [-0.2, -0.15) is 0 Å². The number of thioether (sulfide) groups is 1. The van der Waals surface area contributed by atoms with E-state index < -0.39 is 0 Å². The maximum atomic E-state index is 4.74. The first-order valence-corrected chi connectivity index (χ1v) is 9.05. The van der Waals surface area contributed by atoms with Crippen molar-refractivity contribution in [1.29, 1.82) is 0 Å². The lowest BCUT2D eigenvalue weighted by Crippen LogP contribution is -2.46. The van der Waals surface area contributed by atoms with Crippen molar-refractivity contribution in [3.05, 3.63) is 35.9 Å². The van der Waals surface area contributed by atoms with Gasteiger partial charge in [-0.25, -0.2) is 0 Å². The molecule has 0 aliphatic carbocycles. The van der Waals surface area contributed by atoms with E-state index in [9.17, 15) is 0 Å². The van der Waals surface area contributed by atoms with Crippen LogP contribution in [0.4, 0.5) is 0 Å². The predicted molar refractivity (Wildman–Crippen MR) is 89.8 cm³/mol. The molecular weight excluding hydrogens is 278 g/mol. The van der Waals surface area contributed by atoms with E-state index in [2.05, 4.69) is 40.5 Å². The van der Waals surface area contributed by atoms with Gasteiger partial charge in [-0.1, -0.05) is 48.5 Å². The van der Waals surface area contributed by atoms with Gasteiger partial charge in [0.1, 0.15) is 0 Å². The van der Waals surface area contributed by atoms with Crippen LogP contribution in [0, 0.1) is 0 Å². The maximum absolute atomic E-state index is 4.74. The summed E-state index contributed by atoms with van der Waals surface area (Å²) < 4.78 is 0. The van der Waals surface area contributed by atoms with Crippen LogP contribution in [0.15, 0.2) is 35.3 Å². The Morgan fingerprint density at radius 2 is 2.00 bits per heavy atom. The van der Waals surface area contributed by atoms with Crippen molar-refractivity contribution in [3.8, 4) is 0 Å². The number of aliphatic imine (C=N–C) groups is 1. The summed E-state index contributed by atoms with van der Waals surface area (Å²) in [6.07, 6.45) is 5.42. The molecule has 3 aliphatic rings. The number of benzene rings is 1. The molecule has 4 heteroatoms. The zero-order valence-corrected chi connectivity index (χ0v) is 13.2. The maximum Gasteiger partial charge on any atom is 0.157 e. The molecule has 1 N–H and O–H groups in total. The number of nitrogens with one attached hydrogen (secondary N) is 1. The molecule has 3 nitrogen and oxygen atoms in total. The second-order valence-electron chi connectivity index (χ2n) is 6.30. The Morgan fingerprint density at radius 3 is 2.90 bits per heavy atom. The molecule has 3 unspecified atom stereocenters. The number of amidine groups is 1. The molecule has 0 aromatic heterocycles. The summed E-state index contributed by atoms with van der Waals surface area (Å²) in [6.45, 7) is 3.48. The Kier molecular flexibility index (Phi) is 3.91. The van der Waals surface area contributed by atoms with Crippen LogP contribution in [-0.2, 0) is 0 Å². The molecule has 112 valence electrons. The summed E-state index contributed by atoms with van der Waals surface area (Å²) in [6, 6.07) is 12.1. The van der Waals surface area contributed by atoms with E-state index in [1.54, 1.807) is 0 Å². The van der Waals surface area contributed by atoms with Crippen molar-refractivity contribution < 1.29 is 0 Å². The highest BCUT2D eigenvalue weighted by Gasteiger charge is 2.36. The lowest BCUT2D eigenvalue weighted by Gasteiger charge is -2.32. The quantitative estimate of drug-likeness (QED) is 0.910. The van der Waals surface area contributed by atoms with Gasteiger partial charge in [0.15, 0.2) is 5.17 Å². The average Bonchev–Trinajstić information content (AvgIpc) is 3.17. The molecule has 1 aromatic carbocycles. The van der Waals surface area contributed by atoms with Gasteiger partial charge in [-0.15, -0.1) is 0 Å². The summed E-state index contributed by atoms with van der Waals surface area (Å²) in [4.78, 5) is 7.42. The van der Waals surface area contributed by atoms with E-state index in [0.29, 0.717) is 11.3 Å². The van der Waals surface area contributed by atoms with Crippen LogP contribution in [0.5, 0.6) is 0 Å². The normalized spacial score (nSPS) is 32.8. The third-order valence-electron chi connectivity index (χ3n) is 4.99. The minimum Gasteiger partial charge on any atom is -0.361 e. The molecule has 0 bridgehead atoms. The Morgan fingerprint density at radius 1 is 1.10 bits per heavy atom. The molecule has 1 aromatic rings. The Balaban J connectivity index is 1.36. The molecule has 0 saturated carbocycles. The second-order valence-corrected chi connectivity index (χ2v) is 7.49. The van der Waals surface area contributed by atoms with Crippen molar-refractivity contribution in [2.75, 3.05) is 19.6 Å². The second kappa shape index (κ2) is 6.01. The van der Waals surface area contributed by atoms with Gasteiger partial charge in [0.2, 0.25) is 0 Å². The predicted octanol–water partition coefficient (Wildman–Crippen LogP) is 3.05. The fraction of sp³-hybridized carbons (Fsp3) is 0.588. The lowest BCUT2D eigenvalue weighted by molar-refractivity contribution is 0.185. The van der Waals surface area contributed by atoms with Crippen LogP contribution in [0.3, 0.4) is 0 Å². The largest absolute Gasteiger partial charge is 0.361 e. The summed E-state index contributed by atoms with van der Waals surface area (Å²) in [5.74, 6) is 0. The molecule has 2 fully saturated rings. The first kappa shape index (κ1) is 13.6. The van der Waals surface area contributed by atoms with Crippen molar-refractivity contribution >= 4 is 16.9 Å². The van der Waals surface area contributed by atoms with Crippen molar-refractivity contribution in [1.82, 2.24) is 10.2 Å². The minimum absolute atomic E-state index is 0.498. The standard InChI is InChI=1S/C17H23N3S/c1-2-6-13(7-3-1)16-12-18-17(21-16)19-14-9-11-20-10-5-4-8-15(14)20/h1-3,6-7,14-16H,4-5,8-12H2,(H,18,19). The van der Waals surface area contributed by atoms with Gasteiger partial charge in [0.05, 0.1) is 11.8 Å². The van der Waals surface area contributed by atoms with Crippen molar-refractivity contribution in [3.63, 3.8) is 0 Å². The van der Waals surface area contributed by atoms with Crippen molar-refractivity contribution in [2.45, 2.75) is 43.0 Å². The van der Waals surface area contributed by atoms with Crippen molar-refractivity contribution in [2.24, 2.45) is 4.99 Å². The Bertz CT molecular complexity index is 516. The van der Waals surface area contributed by atoms with E-state index in [1.807, 2.05) is 11.8 Å². The van der Waals surface area contributed by atoms with Crippen LogP contribution in [0.25, 0.3) is 0 Å². The number of fused-ring (bicyclic) bond motifs is 1.